The molecule has 0 aromatic carbocycles. The van der Waals surface area contributed by atoms with E-state index in [0.29, 0.717) is 0 Å². The number of aromatic nitrogens is 1. The molecule has 0 atom stereocenters. The van der Waals surface area contributed by atoms with Gasteiger partial charge < -0.3 is 4.74 Å². The molecule has 4 nitrogen and oxygen atoms in total. The van der Waals surface area contributed by atoms with Crippen LogP contribution in [0.15, 0.2) is 6.07 Å². The Balaban J connectivity index is 3.30. The van der Waals surface area contributed by atoms with Gasteiger partial charge in [0.2, 0.25) is 0 Å². The fourth-order valence-corrected chi connectivity index (χ4v) is 1.31. The van der Waals surface area contributed by atoms with E-state index in [2.05, 4.69) is 9.72 Å². The van der Waals surface area contributed by atoms with Crippen LogP contribution in [0, 0.1) is 18.3 Å². The molecular formula is C11H10F2N2O2. The topological polar surface area (TPSA) is 63.0 Å². The third kappa shape index (κ3) is 2.75. The van der Waals surface area contributed by atoms with E-state index in [1.54, 1.807) is 13.0 Å². The molecule has 0 saturated carbocycles. The summed E-state index contributed by atoms with van der Waals surface area (Å²) in [5.74, 6) is -0.776. The first-order chi connectivity index (χ1) is 8.01. The molecule has 90 valence electrons. The number of ether oxygens (including phenoxy) is 1. The van der Waals surface area contributed by atoms with E-state index in [1.165, 1.54) is 13.0 Å². The highest BCUT2D eigenvalue weighted by Gasteiger charge is 2.21. The molecule has 0 spiro atoms. The smallest absolute Gasteiger partial charge is 0.356 e. The predicted molar refractivity (Wildman–Crippen MR) is 54.6 cm³/mol. The van der Waals surface area contributed by atoms with Gasteiger partial charge in [0.05, 0.1) is 12.2 Å². The number of alkyl halides is 2. The number of aryl methyl sites for hydroxylation is 1. The van der Waals surface area contributed by atoms with Crippen molar-refractivity contribution in [2.75, 3.05) is 6.61 Å². The van der Waals surface area contributed by atoms with Gasteiger partial charge in [0.25, 0.3) is 6.43 Å². The number of halogens is 2. The lowest BCUT2D eigenvalue weighted by Crippen LogP contribution is -2.11. The molecule has 6 heteroatoms. The molecule has 0 aliphatic carbocycles. The van der Waals surface area contributed by atoms with Gasteiger partial charge in [-0.05, 0) is 25.5 Å². The van der Waals surface area contributed by atoms with Crippen LogP contribution in [0.25, 0.3) is 0 Å². The van der Waals surface area contributed by atoms with Crippen molar-refractivity contribution < 1.29 is 18.3 Å². The highest BCUT2D eigenvalue weighted by Crippen LogP contribution is 2.23. The Morgan fingerprint density at radius 3 is 2.76 bits per heavy atom. The second-order valence-electron chi connectivity index (χ2n) is 3.22. The Labute approximate surface area is 96.8 Å². The van der Waals surface area contributed by atoms with Crippen LogP contribution in [0.1, 0.15) is 40.7 Å². The van der Waals surface area contributed by atoms with E-state index >= 15 is 0 Å². The van der Waals surface area contributed by atoms with Crippen LogP contribution in [-0.4, -0.2) is 17.6 Å². The number of pyridine rings is 1. The maximum Gasteiger partial charge on any atom is 0.356 e. The average molecular weight is 240 g/mol. The van der Waals surface area contributed by atoms with E-state index < -0.39 is 18.1 Å². The Morgan fingerprint density at radius 1 is 1.65 bits per heavy atom. The number of carbonyl (C=O) groups excluding carboxylic acids is 1. The summed E-state index contributed by atoms with van der Waals surface area (Å²) in [5, 5.41) is 8.74. The Morgan fingerprint density at radius 2 is 2.29 bits per heavy atom. The van der Waals surface area contributed by atoms with Gasteiger partial charge in [0.1, 0.15) is 17.5 Å². The fourth-order valence-electron chi connectivity index (χ4n) is 1.31. The number of esters is 1. The van der Waals surface area contributed by atoms with Crippen molar-refractivity contribution in [1.29, 1.82) is 5.26 Å². The first-order valence-corrected chi connectivity index (χ1v) is 4.88. The Bertz CT molecular complexity index is 481. The van der Waals surface area contributed by atoms with Crippen molar-refractivity contribution in [3.63, 3.8) is 0 Å². The van der Waals surface area contributed by atoms with Crippen molar-refractivity contribution in [2.45, 2.75) is 20.3 Å². The van der Waals surface area contributed by atoms with Gasteiger partial charge in [-0.1, -0.05) is 0 Å². The molecule has 17 heavy (non-hydrogen) atoms. The Kier molecular flexibility index (Phi) is 4.10. The maximum absolute atomic E-state index is 12.7. The second-order valence-corrected chi connectivity index (χ2v) is 3.22. The monoisotopic (exact) mass is 240 g/mol. The summed E-state index contributed by atoms with van der Waals surface area (Å²) in [5.41, 5.74) is -0.817. The number of hydrogen-bond donors (Lipinski definition) is 0. The molecule has 0 saturated heterocycles. The SMILES string of the molecule is CCOC(=O)c1cc(C)c(C#N)c(C(F)F)n1. The molecule has 0 N–H and O–H groups in total. The number of nitriles is 1. The molecule has 1 rings (SSSR count). The second kappa shape index (κ2) is 5.34. The maximum atomic E-state index is 12.7. The van der Waals surface area contributed by atoms with Crippen molar-refractivity contribution in [3.05, 3.63) is 28.6 Å². The predicted octanol–water partition coefficient (Wildman–Crippen LogP) is 2.38. The summed E-state index contributed by atoms with van der Waals surface area (Å²) in [6.45, 7) is 3.20. The van der Waals surface area contributed by atoms with Crippen LogP contribution in [-0.2, 0) is 4.74 Å². The molecule has 0 radical (unpaired) electrons. The average Bonchev–Trinajstić information content (AvgIpc) is 2.28. The molecule has 1 aromatic heterocycles. The summed E-state index contributed by atoms with van der Waals surface area (Å²) >= 11 is 0. The molecular weight excluding hydrogens is 230 g/mol. The van der Waals surface area contributed by atoms with Crippen molar-refractivity contribution >= 4 is 5.97 Å². The third-order valence-corrected chi connectivity index (χ3v) is 2.05. The molecule has 1 aromatic rings. The molecule has 0 fully saturated rings. The van der Waals surface area contributed by atoms with Gasteiger partial charge >= 0.3 is 5.97 Å². The van der Waals surface area contributed by atoms with Gasteiger partial charge in [-0.15, -0.1) is 0 Å². The minimum absolute atomic E-state index is 0.129. The van der Waals surface area contributed by atoms with Gasteiger partial charge in [-0.25, -0.2) is 18.6 Å². The summed E-state index contributed by atoms with van der Waals surface area (Å²) < 4.78 is 30.0. The van der Waals surface area contributed by atoms with Gasteiger partial charge in [0.15, 0.2) is 0 Å². The highest BCUT2D eigenvalue weighted by molar-refractivity contribution is 5.87. The summed E-state index contributed by atoms with van der Waals surface area (Å²) in [6.07, 6.45) is -2.90. The minimum Gasteiger partial charge on any atom is -0.461 e. The van der Waals surface area contributed by atoms with Gasteiger partial charge in [-0.3, -0.25) is 0 Å². The lowest BCUT2D eigenvalue weighted by Gasteiger charge is -2.08. The van der Waals surface area contributed by atoms with Crippen molar-refractivity contribution in [2.24, 2.45) is 0 Å². The number of hydrogen-bond acceptors (Lipinski definition) is 4. The van der Waals surface area contributed by atoms with Crippen molar-refractivity contribution in [1.82, 2.24) is 4.98 Å². The van der Waals surface area contributed by atoms with E-state index in [9.17, 15) is 13.6 Å². The zero-order valence-electron chi connectivity index (χ0n) is 9.33. The van der Waals surface area contributed by atoms with Crippen molar-refractivity contribution in [3.8, 4) is 6.07 Å². The van der Waals surface area contributed by atoms with Crippen LogP contribution in [0.5, 0.6) is 0 Å². The molecule has 0 aliphatic rings. The van der Waals surface area contributed by atoms with Crippen LogP contribution in [0.4, 0.5) is 8.78 Å². The largest absolute Gasteiger partial charge is 0.461 e. The van der Waals surface area contributed by atoms with E-state index in [1.807, 2.05) is 0 Å². The number of carbonyl (C=O) groups is 1. The summed E-state index contributed by atoms with van der Waals surface area (Å²) in [6, 6.07) is 2.92. The normalized spacial score (nSPS) is 10.1. The fraction of sp³-hybridized carbons (Fsp3) is 0.364. The quantitative estimate of drug-likeness (QED) is 0.761. The summed E-state index contributed by atoms with van der Waals surface area (Å²) in [4.78, 5) is 14.8. The lowest BCUT2D eigenvalue weighted by molar-refractivity contribution is 0.0517. The number of nitrogens with zero attached hydrogens (tertiary/aromatic N) is 2. The molecule has 0 bridgehead atoms. The standard InChI is InChI=1S/C11H10F2N2O2/c1-3-17-11(16)8-4-6(2)7(5-14)9(15-8)10(12)13/h4,10H,3H2,1-2H3. The van der Waals surface area contributed by atoms with E-state index in [-0.39, 0.29) is 23.4 Å². The zero-order valence-corrected chi connectivity index (χ0v) is 9.33. The van der Waals surface area contributed by atoms with E-state index in [4.69, 9.17) is 5.26 Å². The molecule has 0 amide bonds. The highest BCUT2D eigenvalue weighted by atomic mass is 19.3. The van der Waals surface area contributed by atoms with Crippen LogP contribution in [0.2, 0.25) is 0 Å². The van der Waals surface area contributed by atoms with Crippen LogP contribution in [0.3, 0.4) is 0 Å². The minimum atomic E-state index is -2.90. The molecule has 0 unspecified atom stereocenters. The summed E-state index contributed by atoms with van der Waals surface area (Å²) in [7, 11) is 0. The molecule has 1 heterocycles. The Hall–Kier alpha value is -2.03. The van der Waals surface area contributed by atoms with Gasteiger partial charge in [0, 0.05) is 0 Å². The zero-order chi connectivity index (χ0) is 13.0. The van der Waals surface area contributed by atoms with E-state index in [0.717, 1.165) is 0 Å². The molecule has 0 aliphatic heterocycles. The van der Waals surface area contributed by atoms with Crippen LogP contribution >= 0.6 is 0 Å². The van der Waals surface area contributed by atoms with Crippen LogP contribution < -0.4 is 0 Å². The van der Waals surface area contributed by atoms with Gasteiger partial charge in [-0.2, -0.15) is 5.26 Å². The lowest BCUT2D eigenvalue weighted by atomic mass is 10.1. The number of rotatable bonds is 3. The first kappa shape index (κ1) is 13.0. The third-order valence-electron chi connectivity index (χ3n) is 2.05. The first-order valence-electron chi connectivity index (χ1n) is 4.88.